The van der Waals surface area contributed by atoms with E-state index in [-0.39, 0.29) is 18.5 Å². The van der Waals surface area contributed by atoms with Gasteiger partial charge in [0.05, 0.1) is 19.1 Å². The molecule has 1 atom stereocenters. The van der Waals surface area contributed by atoms with E-state index in [4.69, 9.17) is 25.4 Å². The monoisotopic (exact) mass is 415 g/mol. The van der Waals surface area contributed by atoms with Crippen molar-refractivity contribution in [2.45, 2.75) is 12.3 Å². The standard InChI is InChI=1S/C23H21N5O3/c24-23(25)30-12-20-18-7-15(17-9-26-13-27-10-17)1-2-21(18)31-22-19(20)8-16(11-28-22)14-3-5-29-6-4-14/h1-3,7-11,13,20H,4-6,12H2,(H3,24,25). The maximum atomic E-state index is 7.53. The molecule has 1 unspecified atom stereocenters. The summed E-state index contributed by atoms with van der Waals surface area (Å²) < 4.78 is 17.0. The molecular formula is C23H21N5O3. The lowest BCUT2D eigenvalue weighted by Crippen LogP contribution is -2.22. The molecule has 4 heterocycles. The van der Waals surface area contributed by atoms with Gasteiger partial charge in [0.25, 0.3) is 6.02 Å². The van der Waals surface area contributed by atoms with E-state index in [2.05, 4.69) is 27.1 Å². The van der Waals surface area contributed by atoms with Crippen LogP contribution in [0.5, 0.6) is 11.6 Å². The Bertz CT molecular complexity index is 1160. The number of nitrogens with zero attached hydrogens (tertiary/aromatic N) is 3. The fraction of sp³-hybridized carbons (Fsp3) is 0.217. The van der Waals surface area contributed by atoms with E-state index < -0.39 is 0 Å². The molecule has 2 aliphatic heterocycles. The first-order valence-electron chi connectivity index (χ1n) is 10.00. The summed E-state index contributed by atoms with van der Waals surface area (Å²) in [6.07, 6.45) is 9.79. The molecule has 0 saturated carbocycles. The molecule has 8 nitrogen and oxygen atoms in total. The Morgan fingerprint density at radius 2 is 1.94 bits per heavy atom. The highest BCUT2D eigenvalue weighted by atomic mass is 16.5. The lowest BCUT2D eigenvalue weighted by molar-refractivity contribution is 0.161. The van der Waals surface area contributed by atoms with E-state index in [1.165, 1.54) is 11.9 Å². The van der Waals surface area contributed by atoms with Gasteiger partial charge in [-0.3, -0.25) is 5.41 Å². The molecular weight excluding hydrogens is 394 g/mol. The molecule has 0 fully saturated rings. The van der Waals surface area contributed by atoms with Crippen LogP contribution in [0.2, 0.25) is 0 Å². The number of hydrogen-bond acceptors (Lipinski definition) is 7. The first-order chi connectivity index (χ1) is 15.2. The van der Waals surface area contributed by atoms with Crippen LogP contribution in [0.3, 0.4) is 0 Å². The Labute approximate surface area is 179 Å². The van der Waals surface area contributed by atoms with Crippen LogP contribution in [0.1, 0.15) is 29.0 Å². The topological polar surface area (TPSA) is 116 Å². The fourth-order valence-electron chi connectivity index (χ4n) is 3.93. The number of nitrogens with one attached hydrogen (secondary N) is 1. The molecule has 3 N–H and O–H groups in total. The Morgan fingerprint density at radius 1 is 1.10 bits per heavy atom. The zero-order valence-electron chi connectivity index (χ0n) is 16.7. The zero-order valence-corrected chi connectivity index (χ0v) is 16.7. The predicted molar refractivity (Wildman–Crippen MR) is 115 cm³/mol. The van der Waals surface area contributed by atoms with Gasteiger partial charge in [0.2, 0.25) is 5.88 Å². The molecule has 8 heteroatoms. The van der Waals surface area contributed by atoms with Crippen molar-refractivity contribution in [3.63, 3.8) is 0 Å². The van der Waals surface area contributed by atoms with E-state index in [0.29, 0.717) is 24.8 Å². The second-order valence-electron chi connectivity index (χ2n) is 7.38. The molecule has 0 bridgehead atoms. The SMILES string of the molecule is N=C(N)OCC1c2cc(-c3cncnc3)ccc2Oc2ncc(C3=CCOCC3)cc21. The number of nitrogens with two attached hydrogens (primary N) is 1. The number of fused-ring (bicyclic) bond motifs is 2. The van der Waals surface area contributed by atoms with Crippen LogP contribution < -0.4 is 10.5 Å². The van der Waals surface area contributed by atoms with Gasteiger partial charge in [0.1, 0.15) is 18.7 Å². The first-order valence-corrected chi connectivity index (χ1v) is 10.00. The molecule has 0 spiro atoms. The average Bonchev–Trinajstić information content (AvgIpc) is 2.82. The molecule has 3 aromatic rings. The van der Waals surface area contributed by atoms with Gasteiger partial charge in [-0.25, -0.2) is 15.0 Å². The van der Waals surface area contributed by atoms with E-state index in [9.17, 15) is 0 Å². The van der Waals surface area contributed by atoms with Gasteiger partial charge in [-0.1, -0.05) is 12.1 Å². The predicted octanol–water partition coefficient (Wildman–Crippen LogP) is 3.49. The molecule has 2 aliphatic rings. The number of benzene rings is 1. The summed E-state index contributed by atoms with van der Waals surface area (Å²) in [5, 5.41) is 7.53. The Balaban J connectivity index is 1.58. The summed E-state index contributed by atoms with van der Waals surface area (Å²) in [4.78, 5) is 12.8. The first kappa shape index (κ1) is 19.2. The van der Waals surface area contributed by atoms with Crippen LogP contribution in [0, 0.1) is 5.41 Å². The number of aromatic nitrogens is 3. The minimum atomic E-state index is -0.321. The molecule has 31 heavy (non-hydrogen) atoms. The number of pyridine rings is 1. The van der Waals surface area contributed by atoms with Crippen molar-refractivity contribution >= 4 is 11.6 Å². The largest absolute Gasteiger partial charge is 0.465 e. The Hall–Kier alpha value is -3.78. The molecule has 0 aliphatic carbocycles. The lowest BCUT2D eigenvalue weighted by atomic mass is 9.87. The van der Waals surface area contributed by atoms with Crippen molar-refractivity contribution < 1.29 is 14.2 Å². The van der Waals surface area contributed by atoms with Crippen LogP contribution in [0.15, 0.2) is 55.3 Å². The highest BCUT2D eigenvalue weighted by Crippen LogP contribution is 2.45. The Kier molecular flexibility index (Phi) is 5.05. The summed E-state index contributed by atoms with van der Waals surface area (Å²) in [5.41, 5.74) is 11.4. The number of amidine groups is 1. The van der Waals surface area contributed by atoms with Crippen LogP contribution in [-0.4, -0.2) is 40.8 Å². The zero-order chi connectivity index (χ0) is 21.2. The minimum absolute atomic E-state index is 0.194. The van der Waals surface area contributed by atoms with Gasteiger partial charge >= 0.3 is 0 Å². The van der Waals surface area contributed by atoms with Gasteiger partial charge in [0, 0.05) is 35.3 Å². The highest BCUT2D eigenvalue weighted by Gasteiger charge is 2.30. The molecule has 0 amide bonds. The normalized spacial score (nSPS) is 17.0. The minimum Gasteiger partial charge on any atom is -0.465 e. The van der Waals surface area contributed by atoms with Crippen LogP contribution in [0.25, 0.3) is 16.7 Å². The van der Waals surface area contributed by atoms with Crippen molar-refractivity contribution in [1.29, 1.82) is 5.41 Å². The summed E-state index contributed by atoms with van der Waals surface area (Å²) in [5.74, 6) is 1.05. The van der Waals surface area contributed by atoms with E-state index in [1.807, 2.05) is 24.4 Å². The molecule has 2 aromatic heterocycles. The maximum Gasteiger partial charge on any atom is 0.279 e. The van der Waals surface area contributed by atoms with Crippen LogP contribution in [-0.2, 0) is 9.47 Å². The molecule has 0 radical (unpaired) electrons. The quantitative estimate of drug-likeness (QED) is 0.495. The second-order valence-corrected chi connectivity index (χ2v) is 7.38. The number of hydrogen-bond donors (Lipinski definition) is 2. The molecule has 156 valence electrons. The van der Waals surface area contributed by atoms with Crippen LogP contribution in [0.4, 0.5) is 0 Å². The van der Waals surface area contributed by atoms with Gasteiger partial charge in [-0.05, 0) is 41.3 Å². The van der Waals surface area contributed by atoms with E-state index in [1.54, 1.807) is 12.4 Å². The third-order valence-corrected chi connectivity index (χ3v) is 5.48. The van der Waals surface area contributed by atoms with Crippen molar-refractivity contribution in [3.05, 3.63) is 71.9 Å². The second kappa shape index (κ2) is 8.16. The van der Waals surface area contributed by atoms with Crippen molar-refractivity contribution in [2.75, 3.05) is 19.8 Å². The smallest absolute Gasteiger partial charge is 0.279 e. The molecule has 0 saturated heterocycles. The molecule has 5 rings (SSSR count). The van der Waals surface area contributed by atoms with E-state index >= 15 is 0 Å². The summed E-state index contributed by atoms with van der Waals surface area (Å²) in [6, 6.07) is 7.70. The molecule has 1 aromatic carbocycles. The average molecular weight is 415 g/mol. The fourth-order valence-corrected chi connectivity index (χ4v) is 3.93. The third kappa shape index (κ3) is 3.85. The summed E-state index contributed by atoms with van der Waals surface area (Å²) in [7, 11) is 0. The van der Waals surface area contributed by atoms with Crippen molar-refractivity contribution in [2.24, 2.45) is 5.73 Å². The summed E-state index contributed by atoms with van der Waals surface area (Å²) in [6.45, 7) is 1.51. The third-order valence-electron chi connectivity index (χ3n) is 5.48. The Morgan fingerprint density at radius 3 is 2.71 bits per heavy atom. The highest BCUT2D eigenvalue weighted by molar-refractivity contribution is 5.70. The lowest BCUT2D eigenvalue weighted by Gasteiger charge is -2.28. The number of rotatable bonds is 4. The number of ether oxygens (including phenoxy) is 3. The van der Waals surface area contributed by atoms with Gasteiger partial charge < -0.3 is 19.9 Å². The van der Waals surface area contributed by atoms with Gasteiger partial charge in [-0.2, -0.15) is 0 Å². The maximum absolute atomic E-state index is 7.53. The van der Waals surface area contributed by atoms with E-state index in [0.717, 1.165) is 34.2 Å². The van der Waals surface area contributed by atoms with Crippen LogP contribution >= 0.6 is 0 Å². The van der Waals surface area contributed by atoms with Gasteiger partial charge in [0.15, 0.2) is 0 Å². The van der Waals surface area contributed by atoms with Crippen molar-refractivity contribution in [1.82, 2.24) is 15.0 Å². The van der Waals surface area contributed by atoms with Gasteiger partial charge in [-0.15, -0.1) is 0 Å². The van der Waals surface area contributed by atoms with Crippen molar-refractivity contribution in [3.8, 4) is 22.8 Å². The summed E-state index contributed by atoms with van der Waals surface area (Å²) >= 11 is 0.